The lowest BCUT2D eigenvalue weighted by Crippen LogP contribution is -2.53. The third-order valence-corrected chi connectivity index (χ3v) is 5.07. The van der Waals surface area contributed by atoms with Crippen LogP contribution in [-0.2, 0) is 16.1 Å². The summed E-state index contributed by atoms with van der Waals surface area (Å²) in [6.07, 6.45) is 3.30. The van der Waals surface area contributed by atoms with Crippen molar-refractivity contribution in [3.05, 3.63) is 29.8 Å². The minimum absolute atomic E-state index is 0.0204. The van der Waals surface area contributed by atoms with Crippen LogP contribution in [0, 0.1) is 0 Å². The van der Waals surface area contributed by atoms with E-state index >= 15 is 0 Å². The Morgan fingerprint density at radius 3 is 2.67 bits per heavy atom. The summed E-state index contributed by atoms with van der Waals surface area (Å²) in [5.41, 5.74) is 2.53. The van der Waals surface area contributed by atoms with Crippen molar-refractivity contribution in [1.29, 1.82) is 0 Å². The molecule has 0 N–H and O–H groups in total. The molecule has 1 atom stereocenters. The normalized spacial score (nSPS) is 22.4. The highest BCUT2D eigenvalue weighted by molar-refractivity contribution is 5.82. The topological polar surface area (TPSA) is 36.0 Å². The first-order chi connectivity index (χ1) is 11.7. The summed E-state index contributed by atoms with van der Waals surface area (Å²) in [5, 5.41) is 0. The van der Waals surface area contributed by atoms with Crippen LogP contribution in [-0.4, -0.2) is 68.7 Å². The number of anilines is 1. The molecule has 0 bridgehead atoms. The average molecular weight is 331 g/mol. The lowest BCUT2D eigenvalue weighted by atomic mass is 9.99. The lowest BCUT2D eigenvalue weighted by Gasteiger charge is -2.39. The fourth-order valence-corrected chi connectivity index (χ4v) is 3.75. The van der Waals surface area contributed by atoms with Crippen LogP contribution in [0.3, 0.4) is 0 Å². The van der Waals surface area contributed by atoms with E-state index in [4.69, 9.17) is 4.74 Å². The summed E-state index contributed by atoms with van der Waals surface area (Å²) >= 11 is 0. The van der Waals surface area contributed by atoms with E-state index in [2.05, 4.69) is 48.2 Å². The molecule has 132 valence electrons. The number of likely N-dealkylation sites (tertiary alicyclic amines) is 1. The number of hydrogen-bond donors (Lipinski definition) is 0. The fourth-order valence-electron chi connectivity index (χ4n) is 3.75. The van der Waals surface area contributed by atoms with Crippen molar-refractivity contribution < 1.29 is 9.53 Å². The van der Waals surface area contributed by atoms with Crippen LogP contribution in [0.15, 0.2) is 24.3 Å². The van der Waals surface area contributed by atoms with Gasteiger partial charge in [-0.05, 0) is 31.0 Å². The largest absolute Gasteiger partial charge is 0.378 e. The second kappa shape index (κ2) is 7.99. The smallest absolute Gasteiger partial charge is 0.240 e. The van der Waals surface area contributed by atoms with Crippen LogP contribution in [0.4, 0.5) is 5.69 Å². The summed E-state index contributed by atoms with van der Waals surface area (Å²) in [6, 6.07) is 8.52. The van der Waals surface area contributed by atoms with Crippen molar-refractivity contribution in [3.63, 3.8) is 0 Å². The van der Waals surface area contributed by atoms with Crippen LogP contribution >= 0.6 is 0 Å². The second-order valence-corrected chi connectivity index (χ2v) is 6.94. The van der Waals surface area contributed by atoms with E-state index in [1.165, 1.54) is 17.7 Å². The van der Waals surface area contributed by atoms with Crippen molar-refractivity contribution in [2.75, 3.05) is 51.8 Å². The summed E-state index contributed by atoms with van der Waals surface area (Å²) < 4.78 is 5.39. The zero-order valence-electron chi connectivity index (χ0n) is 14.9. The van der Waals surface area contributed by atoms with Gasteiger partial charge in [0.15, 0.2) is 0 Å². The predicted molar refractivity (Wildman–Crippen MR) is 96.2 cm³/mol. The number of carbonyl (C=O) groups is 1. The molecule has 0 unspecified atom stereocenters. The molecular formula is C19H29N3O2. The molecule has 0 saturated carbocycles. The van der Waals surface area contributed by atoms with Crippen molar-refractivity contribution in [1.82, 2.24) is 9.80 Å². The van der Waals surface area contributed by atoms with E-state index in [9.17, 15) is 4.79 Å². The van der Waals surface area contributed by atoms with Gasteiger partial charge < -0.3 is 14.5 Å². The molecule has 0 aromatic heterocycles. The van der Waals surface area contributed by atoms with Gasteiger partial charge in [0.05, 0.1) is 19.3 Å². The number of benzene rings is 1. The van der Waals surface area contributed by atoms with E-state index in [0.717, 1.165) is 39.0 Å². The van der Waals surface area contributed by atoms with Gasteiger partial charge in [0.1, 0.15) is 0 Å². The summed E-state index contributed by atoms with van der Waals surface area (Å²) in [5.74, 6) is 0.292. The molecule has 1 amide bonds. The van der Waals surface area contributed by atoms with E-state index in [1.54, 1.807) is 0 Å². The van der Waals surface area contributed by atoms with Crippen LogP contribution in [0.25, 0.3) is 0 Å². The number of amides is 1. The molecule has 5 heteroatoms. The van der Waals surface area contributed by atoms with E-state index < -0.39 is 0 Å². The Hall–Kier alpha value is -1.59. The maximum absolute atomic E-state index is 13.0. The molecule has 2 fully saturated rings. The van der Waals surface area contributed by atoms with Gasteiger partial charge in [-0.15, -0.1) is 0 Å². The number of rotatable bonds is 4. The molecule has 0 spiro atoms. The molecule has 2 heterocycles. The van der Waals surface area contributed by atoms with Crippen molar-refractivity contribution in [2.24, 2.45) is 0 Å². The molecule has 3 rings (SSSR count). The summed E-state index contributed by atoms with van der Waals surface area (Å²) in [6.45, 7) is 4.65. The van der Waals surface area contributed by atoms with Gasteiger partial charge in [0, 0.05) is 39.4 Å². The van der Waals surface area contributed by atoms with Crippen molar-refractivity contribution in [2.45, 2.75) is 31.8 Å². The van der Waals surface area contributed by atoms with Gasteiger partial charge in [0.25, 0.3) is 0 Å². The highest BCUT2D eigenvalue weighted by Crippen LogP contribution is 2.25. The molecule has 0 aliphatic carbocycles. The minimum Gasteiger partial charge on any atom is -0.378 e. The fraction of sp³-hybridized carbons (Fsp3) is 0.632. The second-order valence-electron chi connectivity index (χ2n) is 6.94. The van der Waals surface area contributed by atoms with Crippen LogP contribution < -0.4 is 4.90 Å². The highest BCUT2D eigenvalue weighted by Gasteiger charge is 2.32. The van der Waals surface area contributed by atoms with Gasteiger partial charge in [0.2, 0.25) is 5.91 Å². The first-order valence-electron chi connectivity index (χ1n) is 9.02. The first-order valence-corrected chi connectivity index (χ1v) is 9.02. The molecule has 24 heavy (non-hydrogen) atoms. The Morgan fingerprint density at radius 1 is 1.17 bits per heavy atom. The molecule has 1 aromatic carbocycles. The Labute approximate surface area is 145 Å². The average Bonchev–Trinajstić information content (AvgIpc) is 2.62. The zero-order chi connectivity index (χ0) is 16.9. The third kappa shape index (κ3) is 3.90. The van der Waals surface area contributed by atoms with Gasteiger partial charge in [-0.25, -0.2) is 0 Å². The van der Waals surface area contributed by atoms with Crippen molar-refractivity contribution in [3.8, 4) is 0 Å². The third-order valence-electron chi connectivity index (χ3n) is 5.07. The van der Waals surface area contributed by atoms with E-state index in [1.807, 2.05) is 4.90 Å². The maximum atomic E-state index is 13.0. The number of morpholine rings is 1. The van der Waals surface area contributed by atoms with Gasteiger partial charge in [-0.1, -0.05) is 24.6 Å². The molecule has 0 radical (unpaired) electrons. The first kappa shape index (κ1) is 17.2. The summed E-state index contributed by atoms with van der Waals surface area (Å²) in [7, 11) is 4.15. The molecule has 1 aromatic rings. The summed E-state index contributed by atoms with van der Waals surface area (Å²) in [4.78, 5) is 19.5. The maximum Gasteiger partial charge on any atom is 0.240 e. The number of nitrogens with zero attached hydrogens (tertiary/aromatic N) is 3. The van der Waals surface area contributed by atoms with Crippen LogP contribution in [0.5, 0.6) is 0 Å². The number of piperidine rings is 1. The molecular weight excluding hydrogens is 302 g/mol. The Balaban J connectivity index is 1.74. The monoisotopic (exact) mass is 331 g/mol. The predicted octanol–water partition coefficient (Wildman–Crippen LogP) is 1.97. The van der Waals surface area contributed by atoms with E-state index in [-0.39, 0.29) is 6.04 Å². The van der Waals surface area contributed by atoms with Crippen molar-refractivity contribution >= 4 is 11.6 Å². The number of para-hydroxylation sites is 1. The van der Waals surface area contributed by atoms with Gasteiger partial charge >= 0.3 is 0 Å². The zero-order valence-corrected chi connectivity index (χ0v) is 14.9. The van der Waals surface area contributed by atoms with Crippen LogP contribution in [0.1, 0.15) is 24.8 Å². The Morgan fingerprint density at radius 2 is 1.92 bits per heavy atom. The number of carbonyl (C=O) groups excluding carboxylic acids is 1. The minimum atomic E-state index is 0.0204. The van der Waals surface area contributed by atoms with E-state index in [0.29, 0.717) is 19.1 Å². The van der Waals surface area contributed by atoms with Crippen LogP contribution in [0.2, 0.25) is 0 Å². The van der Waals surface area contributed by atoms with Gasteiger partial charge in [-0.2, -0.15) is 0 Å². The number of hydrogen-bond acceptors (Lipinski definition) is 4. The Kier molecular flexibility index (Phi) is 5.74. The molecule has 2 aliphatic heterocycles. The highest BCUT2D eigenvalue weighted by atomic mass is 16.5. The molecule has 5 nitrogen and oxygen atoms in total. The van der Waals surface area contributed by atoms with Gasteiger partial charge in [-0.3, -0.25) is 9.69 Å². The Bertz CT molecular complexity index is 555. The molecule has 2 aliphatic rings. The quantitative estimate of drug-likeness (QED) is 0.845. The number of ether oxygens (including phenoxy) is 1. The lowest BCUT2D eigenvalue weighted by molar-refractivity contribution is -0.142. The standard InChI is InChI=1S/C19H29N3O2/c1-20(2)17-8-4-3-7-16(17)15-22-10-6-5-9-18(22)19(23)21-11-13-24-14-12-21/h3-4,7-8,18H,5-6,9-15H2,1-2H3/t18-/m1/s1. The molecule has 2 saturated heterocycles. The SMILES string of the molecule is CN(C)c1ccccc1CN1CCCC[C@@H]1C(=O)N1CCOCC1.